The molecule has 0 unspecified atom stereocenters. The summed E-state index contributed by atoms with van der Waals surface area (Å²) < 4.78 is 10.8. The molecule has 0 saturated heterocycles. The van der Waals surface area contributed by atoms with Crippen LogP contribution in [0.2, 0.25) is 0 Å². The highest BCUT2D eigenvalue weighted by Gasteiger charge is 2.22. The highest BCUT2D eigenvalue weighted by molar-refractivity contribution is 5.98. The van der Waals surface area contributed by atoms with Crippen LogP contribution in [0.25, 0.3) is 0 Å². The number of carbonyl (C=O) groups is 2. The number of nitro groups is 1. The van der Waals surface area contributed by atoms with Crippen LogP contribution in [0.1, 0.15) is 17.3 Å². The van der Waals surface area contributed by atoms with Crippen LogP contribution in [0.4, 0.5) is 11.4 Å². The van der Waals surface area contributed by atoms with Crippen molar-refractivity contribution in [3.8, 4) is 11.5 Å². The number of ether oxygens (including phenoxy) is 2. The van der Waals surface area contributed by atoms with E-state index in [0.717, 1.165) is 0 Å². The Bertz CT molecular complexity index is 1050. The van der Waals surface area contributed by atoms with Gasteiger partial charge in [-0.3, -0.25) is 14.9 Å². The molecule has 152 valence electrons. The Morgan fingerprint density at radius 2 is 1.50 bits per heavy atom. The van der Waals surface area contributed by atoms with Crippen molar-refractivity contribution in [1.29, 1.82) is 0 Å². The fourth-order valence-electron chi connectivity index (χ4n) is 2.54. The summed E-state index contributed by atoms with van der Waals surface area (Å²) in [7, 11) is 0. The van der Waals surface area contributed by atoms with E-state index in [1.54, 1.807) is 30.3 Å². The average Bonchev–Trinajstić information content (AvgIpc) is 2.75. The molecular formula is C22H18N2O6. The van der Waals surface area contributed by atoms with Crippen molar-refractivity contribution in [1.82, 2.24) is 0 Å². The van der Waals surface area contributed by atoms with Crippen molar-refractivity contribution >= 4 is 23.3 Å². The molecule has 0 spiro atoms. The van der Waals surface area contributed by atoms with Crippen LogP contribution in [0.5, 0.6) is 11.5 Å². The van der Waals surface area contributed by atoms with E-state index in [9.17, 15) is 19.7 Å². The number of hydrogen-bond donors (Lipinski definition) is 1. The van der Waals surface area contributed by atoms with Crippen LogP contribution >= 0.6 is 0 Å². The zero-order valence-electron chi connectivity index (χ0n) is 16.0. The quantitative estimate of drug-likeness (QED) is 0.350. The summed E-state index contributed by atoms with van der Waals surface area (Å²) in [5, 5.41) is 13.4. The number of rotatable bonds is 7. The lowest BCUT2D eigenvalue weighted by molar-refractivity contribution is -0.383. The average molecular weight is 406 g/mol. The second-order valence-corrected chi connectivity index (χ2v) is 6.25. The number of nitro benzene ring substituents is 1. The van der Waals surface area contributed by atoms with Crippen molar-refractivity contribution < 1.29 is 24.0 Å². The van der Waals surface area contributed by atoms with Gasteiger partial charge >= 0.3 is 5.97 Å². The minimum Gasteiger partial charge on any atom is -0.457 e. The van der Waals surface area contributed by atoms with Crippen LogP contribution in [0, 0.1) is 10.1 Å². The number of nitrogens with zero attached hydrogens (tertiary/aromatic N) is 1. The summed E-state index contributed by atoms with van der Waals surface area (Å²) in [6, 6.07) is 21.2. The fraction of sp³-hybridized carbons (Fsp3) is 0.0909. The Morgan fingerprint density at radius 3 is 2.17 bits per heavy atom. The standard InChI is InChI=1S/C22H18N2O6/c1-15(21(25)23-19-9-5-6-10-20(19)24(27)28)29-22(26)16-11-13-18(14-12-16)30-17-7-3-2-4-8-17/h2-15H,1H3,(H,23,25)/t15-/m1/s1. The number of benzene rings is 3. The van der Waals surface area contributed by atoms with Gasteiger partial charge in [0, 0.05) is 6.07 Å². The van der Waals surface area contributed by atoms with E-state index in [1.165, 1.54) is 37.3 Å². The molecule has 0 saturated carbocycles. The molecule has 3 rings (SSSR count). The van der Waals surface area contributed by atoms with Crippen LogP contribution in [-0.4, -0.2) is 22.9 Å². The molecule has 0 bridgehead atoms. The molecule has 0 fully saturated rings. The molecule has 8 nitrogen and oxygen atoms in total. The SMILES string of the molecule is C[C@@H](OC(=O)c1ccc(Oc2ccccc2)cc1)C(=O)Nc1ccccc1[N+](=O)[O-]. The first-order chi connectivity index (χ1) is 14.4. The molecule has 1 N–H and O–H groups in total. The number of anilines is 1. The summed E-state index contributed by atoms with van der Waals surface area (Å²) in [4.78, 5) is 35.0. The van der Waals surface area contributed by atoms with E-state index in [1.807, 2.05) is 18.2 Å². The van der Waals surface area contributed by atoms with Gasteiger partial charge in [0.15, 0.2) is 6.10 Å². The summed E-state index contributed by atoms with van der Waals surface area (Å²) in [6.45, 7) is 1.38. The topological polar surface area (TPSA) is 108 Å². The van der Waals surface area contributed by atoms with Gasteiger partial charge in [-0.15, -0.1) is 0 Å². The van der Waals surface area contributed by atoms with Crippen molar-refractivity contribution in [2.24, 2.45) is 0 Å². The number of amides is 1. The van der Waals surface area contributed by atoms with Crippen molar-refractivity contribution in [3.63, 3.8) is 0 Å². The van der Waals surface area contributed by atoms with E-state index in [4.69, 9.17) is 9.47 Å². The first-order valence-electron chi connectivity index (χ1n) is 9.02. The summed E-state index contributed by atoms with van der Waals surface area (Å²) in [5.41, 5.74) is 0.0111. The predicted molar refractivity (Wildman–Crippen MR) is 110 cm³/mol. The lowest BCUT2D eigenvalue weighted by Crippen LogP contribution is -2.30. The third kappa shape index (κ3) is 5.20. The molecule has 30 heavy (non-hydrogen) atoms. The van der Waals surface area contributed by atoms with Crippen LogP contribution in [0.3, 0.4) is 0 Å². The van der Waals surface area contributed by atoms with Gasteiger partial charge in [0.05, 0.1) is 10.5 Å². The maximum Gasteiger partial charge on any atom is 0.338 e. The van der Waals surface area contributed by atoms with E-state index < -0.39 is 22.9 Å². The fourth-order valence-corrected chi connectivity index (χ4v) is 2.54. The normalized spacial score (nSPS) is 11.2. The summed E-state index contributed by atoms with van der Waals surface area (Å²) >= 11 is 0. The van der Waals surface area contributed by atoms with Crippen LogP contribution < -0.4 is 10.1 Å². The Labute approximate surface area is 172 Å². The maximum absolute atomic E-state index is 12.3. The van der Waals surface area contributed by atoms with Gasteiger partial charge in [-0.25, -0.2) is 4.79 Å². The highest BCUT2D eigenvalue weighted by Crippen LogP contribution is 2.24. The van der Waals surface area contributed by atoms with Crippen molar-refractivity contribution in [2.75, 3.05) is 5.32 Å². The number of hydrogen-bond acceptors (Lipinski definition) is 6. The Hall–Kier alpha value is -4.20. The van der Waals surface area contributed by atoms with Crippen molar-refractivity contribution in [2.45, 2.75) is 13.0 Å². The zero-order valence-corrected chi connectivity index (χ0v) is 16.0. The first kappa shape index (κ1) is 20.5. The number of carbonyl (C=O) groups excluding carboxylic acids is 2. The molecule has 0 aliphatic rings. The lowest BCUT2D eigenvalue weighted by Gasteiger charge is -2.14. The molecule has 0 aromatic heterocycles. The molecule has 0 radical (unpaired) electrons. The smallest absolute Gasteiger partial charge is 0.338 e. The predicted octanol–water partition coefficient (Wildman–Crippen LogP) is 4.57. The molecular weight excluding hydrogens is 388 g/mol. The van der Waals surface area contributed by atoms with Crippen LogP contribution in [0.15, 0.2) is 78.9 Å². The Kier molecular flexibility index (Phi) is 6.39. The zero-order chi connectivity index (χ0) is 21.5. The largest absolute Gasteiger partial charge is 0.457 e. The second kappa shape index (κ2) is 9.33. The second-order valence-electron chi connectivity index (χ2n) is 6.25. The molecule has 8 heteroatoms. The molecule has 3 aromatic carbocycles. The Morgan fingerprint density at radius 1 is 0.900 bits per heavy atom. The molecule has 1 amide bonds. The minimum absolute atomic E-state index is 0.0258. The van der Waals surface area contributed by atoms with Gasteiger partial charge in [0.1, 0.15) is 17.2 Å². The molecule has 1 atom stereocenters. The van der Waals surface area contributed by atoms with Gasteiger partial charge < -0.3 is 14.8 Å². The van der Waals surface area contributed by atoms with Gasteiger partial charge in [0.2, 0.25) is 0 Å². The van der Waals surface area contributed by atoms with Gasteiger partial charge in [-0.1, -0.05) is 30.3 Å². The Balaban J connectivity index is 1.60. The number of para-hydroxylation sites is 3. The molecule has 3 aromatic rings. The molecule has 0 heterocycles. The molecule has 0 aliphatic carbocycles. The maximum atomic E-state index is 12.3. The molecule has 0 aliphatic heterocycles. The summed E-state index contributed by atoms with van der Waals surface area (Å²) in [6.07, 6.45) is -1.16. The minimum atomic E-state index is -1.16. The van der Waals surface area contributed by atoms with Gasteiger partial charge in [0.25, 0.3) is 11.6 Å². The number of esters is 1. The van der Waals surface area contributed by atoms with E-state index in [-0.39, 0.29) is 16.9 Å². The third-order valence-electron chi connectivity index (χ3n) is 4.08. The van der Waals surface area contributed by atoms with E-state index >= 15 is 0 Å². The van der Waals surface area contributed by atoms with Gasteiger partial charge in [-0.2, -0.15) is 0 Å². The monoisotopic (exact) mass is 406 g/mol. The third-order valence-corrected chi connectivity index (χ3v) is 4.08. The van der Waals surface area contributed by atoms with E-state index in [2.05, 4.69) is 5.32 Å². The lowest BCUT2D eigenvalue weighted by atomic mass is 10.2. The summed E-state index contributed by atoms with van der Waals surface area (Å²) in [5.74, 6) is -0.179. The highest BCUT2D eigenvalue weighted by atomic mass is 16.6. The van der Waals surface area contributed by atoms with Gasteiger partial charge in [-0.05, 0) is 49.4 Å². The van der Waals surface area contributed by atoms with Crippen LogP contribution in [-0.2, 0) is 9.53 Å². The van der Waals surface area contributed by atoms with E-state index in [0.29, 0.717) is 11.5 Å². The first-order valence-corrected chi connectivity index (χ1v) is 9.02. The number of nitrogens with one attached hydrogen (secondary N) is 1. The van der Waals surface area contributed by atoms with Crippen molar-refractivity contribution in [3.05, 3.63) is 94.5 Å².